The van der Waals surface area contributed by atoms with E-state index in [1.165, 1.54) is 105 Å². The number of nitrogens with zero attached hydrogens (tertiary/aromatic N) is 2. The standard InChI is InChI=1S/C60H37BN2O/c1-3-20-44-42(18-1)43-19-2-4-21-45(43)50-27-15-33-58-60(50)61(52-28-8-12-32-57(52)64-58)59-41(25-14-26-49(44)59)38-16-13-17-39(36-38)62-55-31-11-7-24-48(55)51-37-40(34-35-56(51)62)63-53-29-9-5-22-46(53)47-23-6-10-30-54(47)63/h1-37H. The Balaban J connectivity index is 1.02. The van der Waals surface area contributed by atoms with Crippen molar-refractivity contribution in [1.82, 2.24) is 9.13 Å². The fourth-order valence-corrected chi connectivity index (χ4v) is 11.2. The van der Waals surface area contributed by atoms with Crippen LogP contribution in [0.5, 0.6) is 11.5 Å². The Kier molecular flexibility index (Phi) is 7.49. The summed E-state index contributed by atoms with van der Waals surface area (Å²) < 4.78 is 11.7. The Hall–Kier alpha value is -8.34. The summed E-state index contributed by atoms with van der Waals surface area (Å²) >= 11 is 0. The van der Waals surface area contributed by atoms with E-state index in [1.54, 1.807) is 0 Å². The lowest BCUT2D eigenvalue weighted by molar-refractivity contribution is 0.487. The van der Waals surface area contributed by atoms with Crippen molar-refractivity contribution in [3.05, 3.63) is 224 Å². The van der Waals surface area contributed by atoms with E-state index in [9.17, 15) is 0 Å². The van der Waals surface area contributed by atoms with Crippen LogP contribution in [-0.4, -0.2) is 15.8 Å². The van der Waals surface area contributed by atoms with Crippen LogP contribution in [0.1, 0.15) is 0 Å². The number of para-hydroxylation sites is 4. The van der Waals surface area contributed by atoms with Crippen molar-refractivity contribution in [1.29, 1.82) is 0 Å². The first-order valence-electron chi connectivity index (χ1n) is 22.1. The molecule has 64 heavy (non-hydrogen) atoms. The van der Waals surface area contributed by atoms with Gasteiger partial charge in [0.25, 0.3) is 6.71 Å². The Bertz CT molecular complexity index is 3860. The van der Waals surface area contributed by atoms with Gasteiger partial charge >= 0.3 is 0 Å². The molecular formula is C60H37BN2O. The summed E-state index contributed by atoms with van der Waals surface area (Å²) in [5.41, 5.74) is 20.4. The maximum Gasteiger partial charge on any atom is 0.253 e. The van der Waals surface area contributed by atoms with Crippen molar-refractivity contribution in [2.45, 2.75) is 0 Å². The van der Waals surface area contributed by atoms with Crippen molar-refractivity contribution in [2.24, 2.45) is 0 Å². The Morgan fingerprint density at radius 1 is 0.297 bits per heavy atom. The molecule has 0 saturated heterocycles. The van der Waals surface area contributed by atoms with Crippen LogP contribution in [0.15, 0.2) is 224 Å². The molecule has 14 rings (SSSR count). The highest BCUT2D eigenvalue weighted by Gasteiger charge is 2.39. The summed E-state index contributed by atoms with van der Waals surface area (Å²) in [6.45, 7) is -0.0993. The van der Waals surface area contributed by atoms with Gasteiger partial charge in [0.15, 0.2) is 0 Å². The number of ether oxygens (including phenoxy) is 1. The zero-order chi connectivity index (χ0) is 41.9. The zero-order valence-electron chi connectivity index (χ0n) is 34.7. The Morgan fingerprint density at radius 3 is 1.42 bits per heavy atom. The molecule has 0 saturated carbocycles. The van der Waals surface area contributed by atoms with E-state index >= 15 is 0 Å². The molecular weight excluding hydrogens is 775 g/mol. The van der Waals surface area contributed by atoms with Gasteiger partial charge in [0, 0.05) is 32.9 Å². The van der Waals surface area contributed by atoms with Crippen molar-refractivity contribution in [3.8, 4) is 67.4 Å². The molecule has 2 aliphatic rings. The van der Waals surface area contributed by atoms with Crippen LogP contribution >= 0.6 is 0 Å². The summed E-state index contributed by atoms with van der Waals surface area (Å²) in [5, 5.41) is 4.98. The first-order chi connectivity index (χ1) is 31.8. The molecule has 296 valence electrons. The molecule has 4 heterocycles. The van der Waals surface area contributed by atoms with Crippen LogP contribution < -0.4 is 21.1 Å². The average molecular weight is 813 g/mol. The van der Waals surface area contributed by atoms with Gasteiger partial charge in [0.05, 0.1) is 22.1 Å². The van der Waals surface area contributed by atoms with Crippen LogP contribution in [0.4, 0.5) is 0 Å². The van der Waals surface area contributed by atoms with Crippen LogP contribution in [0.25, 0.3) is 99.5 Å². The molecule has 10 aromatic carbocycles. The second kappa shape index (κ2) is 13.6. The highest BCUT2D eigenvalue weighted by molar-refractivity contribution is 6.99. The lowest BCUT2D eigenvalue weighted by atomic mass is 9.33. The molecule has 4 heteroatoms. The van der Waals surface area contributed by atoms with Gasteiger partial charge in [-0.25, -0.2) is 0 Å². The number of fused-ring (bicyclic) bond motifs is 15. The van der Waals surface area contributed by atoms with Crippen LogP contribution in [0.3, 0.4) is 0 Å². The van der Waals surface area contributed by atoms with E-state index < -0.39 is 0 Å². The third kappa shape index (κ3) is 4.99. The van der Waals surface area contributed by atoms with Gasteiger partial charge in [-0.05, 0) is 116 Å². The number of hydrogen-bond donors (Lipinski definition) is 0. The minimum absolute atomic E-state index is 0.0993. The van der Waals surface area contributed by atoms with E-state index in [-0.39, 0.29) is 6.71 Å². The summed E-state index contributed by atoms with van der Waals surface area (Å²) in [6, 6.07) is 82.4. The molecule has 3 nitrogen and oxygen atoms in total. The average Bonchev–Trinajstić information content (AvgIpc) is 3.89. The normalized spacial score (nSPS) is 12.5. The van der Waals surface area contributed by atoms with Crippen LogP contribution in [0, 0.1) is 0 Å². The predicted molar refractivity (Wildman–Crippen MR) is 268 cm³/mol. The van der Waals surface area contributed by atoms with Gasteiger partial charge < -0.3 is 13.9 Å². The van der Waals surface area contributed by atoms with E-state index in [1.807, 2.05) is 0 Å². The minimum atomic E-state index is -0.0993. The van der Waals surface area contributed by atoms with E-state index in [0.29, 0.717) is 0 Å². The predicted octanol–water partition coefficient (Wildman–Crippen LogP) is 13.5. The maximum atomic E-state index is 6.83. The molecule has 0 aliphatic carbocycles. The van der Waals surface area contributed by atoms with Crippen LogP contribution in [0.2, 0.25) is 0 Å². The van der Waals surface area contributed by atoms with Gasteiger partial charge in [-0.15, -0.1) is 0 Å². The number of aromatic nitrogens is 2. The van der Waals surface area contributed by atoms with Crippen molar-refractivity contribution in [2.75, 3.05) is 0 Å². The molecule has 0 amide bonds. The third-order valence-electron chi connectivity index (χ3n) is 13.8. The third-order valence-corrected chi connectivity index (χ3v) is 13.8. The number of benzene rings is 10. The monoisotopic (exact) mass is 812 g/mol. The second-order valence-corrected chi connectivity index (χ2v) is 17.1. The van der Waals surface area contributed by atoms with E-state index in [0.717, 1.165) is 22.9 Å². The fourth-order valence-electron chi connectivity index (χ4n) is 11.2. The molecule has 0 radical (unpaired) electrons. The maximum absolute atomic E-state index is 6.83. The molecule has 0 N–H and O–H groups in total. The zero-order valence-corrected chi connectivity index (χ0v) is 34.7. The summed E-state index contributed by atoms with van der Waals surface area (Å²) in [5.74, 6) is 1.81. The highest BCUT2D eigenvalue weighted by Crippen LogP contribution is 2.43. The molecule has 0 fully saturated rings. The van der Waals surface area contributed by atoms with E-state index in [2.05, 4.69) is 234 Å². The van der Waals surface area contributed by atoms with Gasteiger partial charge in [0.1, 0.15) is 11.5 Å². The fraction of sp³-hybridized carbons (Fsp3) is 0. The minimum Gasteiger partial charge on any atom is -0.458 e. The lowest BCUT2D eigenvalue weighted by Gasteiger charge is -2.31. The van der Waals surface area contributed by atoms with Crippen molar-refractivity contribution < 1.29 is 4.74 Å². The SMILES string of the molecule is c1cc(-c2cccc3c2B2c4ccccc4Oc4cccc(c42)-c2ccccc2-c2ccccc2-3)cc(-n2c3ccccc3c3cc(-n4c5ccccc5c5ccccc54)ccc32)c1. The quantitative estimate of drug-likeness (QED) is 0.163. The molecule has 0 atom stereocenters. The Morgan fingerprint density at radius 2 is 0.750 bits per heavy atom. The highest BCUT2D eigenvalue weighted by atomic mass is 16.5. The second-order valence-electron chi connectivity index (χ2n) is 17.1. The number of hydrogen-bond acceptors (Lipinski definition) is 1. The van der Waals surface area contributed by atoms with Gasteiger partial charge in [0.2, 0.25) is 0 Å². The van der Waals surface area contributed by atoms with E-state index in [4.69, 9.17) is 4.74 Å². The van der Waals surface area contributed by atoms with Crippen molar-refractivity contribution >= 4 is 66.7 Å². The Labute approximate surface area is 370 Å². The smallest absolute Gasteiger partial charge is 0.253 e. The molecule has 0 unspecified atom stereocenters. The lowest BCUT2D eigenvalue weighted by Crippen LogP contribution is -2.56. The molecule has 2 aliphatic heterocycles. The summed E-state index contributed by atoms with van der Waals surface area (Å²) in [6.07, 6.45) is 0. The van der Waals surface area contributed by atoms with Gasteiger partial charge in [-0.1, -0.05) is 169 Å². The molecule has 0 bridgehead atoms. The molecule has 2 aromatic heterocycles. The van der Waals surface area contributed by atoms with Gasteiger partial charge in [-0.2, -0.15) is 0 Å². The summed E-state index contributed by atoms with van der Waals surface area (Å²) in [7, 11) is 0. The molecule has 12 aromatic rings. The van der Waals surface area contributed by atoms with Crippen LogP contribution in [-0.2, 0) is 0 Å². The first kappa shape index (κ1) is 35.3. The topological polar surface area (TPSA) is 19.1 Å². The molecule has 0 spiro atoms. The largest absolute Gasteiger partial charge is 0.458 e. The first-order valence-corrected chi connectivity index (χ1v) is 22.1. The number of rotatable bonds is 3. The van der Waals surface area contributed by atoms with Crippen molar-refractivity contribution in [3.63, 3.8) is 0 Å². The van der Waals surface area contributed by atoms with Gasteiger partial charge in [-0.3, -0.25) is 0 Å². The summed E-state index contributed by atoms with van der Waals surface area (Å²) in [4.78, 5) is 0.